The lowest BCUT2D eigenvalue weighted by molar-refractivity contribution is 0.121. The number of methoxy groups -OCH3 is 2. The van der Waals surface area contributed by atoms with Crippen LogP contribution in [0, 0.1) is 0 Å². The molecule has 1 atom stereocenters. The fourth-order valence-corrected chi connectivity index (χ4v) is 5.49. The van der Waals surface area contributed by atoms with E-state index in [1.165, 1.54) is 0 Å². The average Bonchev–Trinajstić information content (AvgIpc) is 3.43. The summed E-state index contributed by atoms with van der Waals surface area (Å²) in [5, 5.41) is 14.7. The van der Waals surface area contributed by atoms with Crippen LogP contribution in [-0.4, -0.2) is 53.6 Å². The van der Waals surface area contributed by atoms with E-state index in [1.807, 2.05) is 24.3 Å². The molecule has 0 unspecified atom stereocenters. The minimum absolute atomic E-state index is 0.235. The van der Waals surface area contributed by atoms with Gasteiger partial charge in [0.1, 0.15) is 11.3 Å². The smallest absolute Gasteiger partial charge is 0.161 e. The van der Waals surface area contributed by atoms with Crippen molar-refractivity contribution >= 4 is 50.9 Å². The highest BCUT2D eigenvalue weighted by molar-refractivity contribution is 7.99. The molecule has 8 nitrogen and oxygen atoms in total. The summed E-state index contributed by atoms with van der Waals surface area (Å²) in [5.41, 5.74) is 2.61. The molecule has 3 aromatic heterocycles. The summed E-state index contributed by atoms with van der Waals surface area (Å²) in [6, 6.07) is 20.4. The Morgan fingerprint density at radius 2 is 1.81 bits per heavy atom. The molecule has 0 amide bonds. The van der Waals surface area contributed by atoms with Gasteiger partial charge in [-0.05, 0) is 36.8 Å². The number of nitrogens with one attached hydrogen (secondary N) is 1. The molecule has 1 aliphatic rings. The Kier molecular flexibility index (Phi) is 6.46. The number of fused-ring (bicyclic) bond motifs is 2. The summed E-state index contributed by atoms with van der Waals surface area (Å²) in [6.45, 7) is 1.75. The standard InChI is InChI=1S/C28H26N6O2S/c1-35-19-12-14-34(17-19)28-23-6-4-3-5-22(23)27(32-33-28)31-18-7-9-21(10-8-18)37-25-11-13-29-24-15-20(36-2)16-30-26(24)25/h3-11,13,15-16,19H,12,14,17H2,1-2H3,(H,31,32)/t19-/m1/s1. The van der Waals surface area contributed by atoms with Crippen molar-refractivity contribution in [3.8, 4) is 5.75 Å². The minimum Gasteiger partial charge on any atom is -0.495 e. The van der Waals surface area contributed by atoms with Crippen LogP contribution >= 0.6 is 11.8 Å². The largest absolute Gasteiger partial charge is 0.495 e. The summed E-state index contributed by atoms with van der Waals surface area (Å²) >= 11 is 1.65. The predicted octanol–water partition coefficient (Wildman–Crippen LogP) is 5.70. The van der Waals surface area contributed by atoms with Gasteiger partial charge < -0.3 is 19.7 Å². The molecule has 0 aliphatic carbocycles. The lowest BCUT2D eigenvalue weighted by atomic mass is 10.1. The van der Waals surface area contributed by atoms with Gasteiger partial charge in [0.15, 0.2) is 11.6 Å². The van der Waals surface area contributed by atoms with Crippen molar-refractivity contribution in [1.29, 1.82) is 0 Å². The van der Waals surface area contributed by atoms with Crippen LogP contribution < -0.4 is 15.0 Å². The first kappa shape index (κ1) is 23.4. The van der Waals surface area contributed by atoms with E-state index in [1.54, 1.807) is 38.4 Å². The monoisotopic (exact) mass is 510 g/mol. The molecular formula is C28H26N6O2S. The second-order valence-corrected chi connectivity index (χ2v) is 9.93. The lowest BCUT2D eigenvalue weighted by Gasteiger charge is -2.19. The maximum Gasteiger partial charge on any atom is 0.161 e. The summed E-state index contributed by atoms with van der Waals surface area (Å²) in [4.78, 5) is 13.4. The van der Waals surface area contributed by atoms with Crippen LogP contribution in [0.4, 0.5) is 17.3 Å². The van der Waals surface area contributed by atoms with Crippen molar-refractivity contribution in [1.82, 2.24) is 20.2 Å². The number of aromatic nitrogens is 4. The van der Waals surface area contributed by atoms with Gasteiger partial charge in [-0.1, -0.05) is 36.0 Å². The third kappa shape index (κ3) is 4.75. The Morgan fingerprint density at radius 3 is 2.59 bits per heavy atom. The highest BCUT2D eigenvalue weighted by atomic mass is 32.2. The van der Waals surface area contributed by atoms with Gasteiger partial charge in [0, 0.05) is 58.7 Å². The number of rotatable bonds is 7. The van der Waals surface area contributed by atoms with Crippen molar-refractivity contribution in [3.05, 3.63) is 73.1 Å². The van der Waals surface area contributed by atoms with Crippen molar-refractivity contribution < 1.29 is 9.47 Å². The van der Waals surface area contributed by atoms with Crippen molar-refractivity contribution in [2.45, 2.75) is 22.3 Å². The molecule has 5 aromatic rings. The van der Waals surface area contributed by atoms with Gasteiger partial charge in [0.2, 0.25) is 0 Å². The molecule has 6 rings (SSSR count). The van der Waals surface area contributed by atoms with Crippen molar-refractivity contribution in [2.24, 2.45) is 0 Å². The van der Waals surface area contributed by atoms with Crippen LogP contribution in [0.15, 0.2) is 82.8 Å². The molecule has 0 bridgehead atoms. The quantitative estimate of drug-likeness (QED) is 0.296. The van der Waals surface area contributed by atoms with Gasteiger partial charge in [-0.25, -0.2) is 4.98 Å². The normalized spacial score (nSPS) is 15.4. The van der Waals surface area contributed by atoms with E-state index < -0.39 is 0 Å². The number of ether oxygens (including phenoxy) is 2. The fraction of sp³-hybridized carbons (Fsp3) is 0.214. The van der Waals surface area contributed by atoms with E-state index in [9.17, 15) is 0 Å². The van der Waals surface area contributed by atoms with Crippen LogP contribution in [0.1, 0.15) is 6.42 Å². The van der Waals surface area contributed by atoms with Gasteiger partial charge in [-0.3, -0.25) is 4.98 Å². The molecule has 9 heteroatoms. The molecule has 0 saturated carbocycles. The number of benzene rings is 2. The van der Waals surface area contributed by atoms with Gasteiger partial charge in [-0.2, -0.15) is 0 Å². The number of anilines is 3. The number of hydrogen-bond acceptors (Lipinski definition) is 9. The lowest BCUT2D eigenvalue weighted by Crippen LogP contribution is -2.23. The van der Waals surface area contributed by atoms with E-state index in [0.717, 1.165) is 68.4 Å². The van der Waals surface area contributed by atoms with Crippen LogP contribution in [0.2, 0.25) is 0 Å². The first-order valence-corrected chi connectivity index (χ1v) is 12.9. The van der Waals surface area contributed by atoms with E-state index in [2.05, 4.69) is 66.8 Å². The second kappa shape index (κ2) is 10.2. The highest BCUT2D eigenvalue weighted by Crippen LogP contribution is 2.35. The van der Waals surface area contributed by atoms with Gasteiger partial charge >= 0.3 is 0 Å². The van der Waals surface area contributed by atoms with Crippen molar-refractivity contribution in [3.63, 3.8) is 0 Å². The van der Waals surface area contributed by atoms with Gasteiger partial charge in [-0.15, -0.1) is 10.2 Å². The van der Waals surface area contributed by atoms with Crippen LogP contribution in [0.25, 0.3) is 21.8 Å². The van der Waals surface area contributed by atoms with Crippen LogP contribution in [0.3, 0.4) is 0 Å². The zero-order valence-electron chi connectivity index (χ0n) is 20.6. The third-order valence-electron chi connectivity index (χ3n) is 6.54. The van der Waals surface area contributed by atoms with E-state index in [-0.39, 0.29) is 6.10 Å². The maximum absolute atomic E-state index is 5.54. The zero-order valence-corrected chi connectivity index (χ0v) is 21.4. The molecule has 0 radical (unpaired) electrons. The van der Waals surface area contributed by atoms with Crippen molar-refractivity contribution in [2.75, 3.05) is 37.5 Å². The summed E-state index contributed by atoms with van der Waals surface area (Å²) < 4.78 is 10.8. The molecule has 37 heavy (non-hydrogen) atoms. The van der Waals surface area contributed by atoms with Crippen LogP contribution in [0.5, 0.6) is 5.75 Å². The van der Waals surface area contributed by atoms with Gasteiger partial charge in [0.05, 0.1) is 24.9 Å². The zero-order chi connectivity index (χ0) is 25.2. The molecule has 1 aliphatic heterocycles. The van der Waals surface area contributed by atoms with Gasteiger partial charge in [0.25, 0.3) is 0 Å². The highest BCUT2D eigenvalue weighted by Gasteiger charge is 2.25. The molecule has 186 valence electrons. The molecule has 1 saturated heterocycles. The number of nitrogens with zero attached hydrogens (tertiary/aromatic N) is 5. The van der Waals surface area contributed by atoms with E-state index >= 15 is 0 Å². The first-order valence-electron chi connectivity index (χ1n) is 12.1. The summed E-state index contributed by atoms with van der Waals surface area (Å²) in [5.74, 6) is 2.34. The molecule has 1 fully saturated rings. The fourth-order valence-electron chi connectivity index (χ4n) is 4.58. The molecule has 2 aromatic carbocycles. The Morgan fingerprint density at radius 1 is 0.973 bits per heavy atom. The van der Waals surface area contributed by atoms with E-state index in [0.29, 0.717) is 5.75 Å². The molecule has 0 spiro atoms. The first-order chi connectivity index (χ1) is 18.2. The molecular weight excluding hydrogens is 484 g/mol. The Labute approximate surface area is 219 Å². The second-order valence-electron chi connectivity index (χ2n) is 8.81. The minimum atomic E-state index is 0.235. The number of pyridine rings is 2. The number of hydrogen-bond donors (Lipinski definition) is 1. The maximum atomic E-state index is 5.54. The molecule has 4 heterocycles. The third-order valence-corrected chi connectivity index (χ3v) is 7.60. The average molecular weight is 511 g/mol. The topological polar surface area (TPSA) is 85.3 Å². The Hall–Kier alpha value is -3.95. The Bertz CT molecular complexity index is 1560. The SMILES string of the molecule is COc1cnc2c(Sc3ccc(Nc4nnc(N5CC[C@@H](OC)C5)c5ccccc45)cc3)ccnc2c1. The summed E-state index contributed by atoms with van der Waals surface area (Å²) in [6.07, 6.45) is 4.75. The van der Waals surface area contributed by atoms with E-state index in [4.69, 9.17) is 9.47 Å². The van der Waals surface area contributed by atoms with Crippen LogP contribution in [-0.2, 0) is 4.74 Å². The Balaban J connectivity index is 1.23. The molecule has 1 N–H and O–H groups in total. The summed E-state index contributed by atoms with van der Waals surface area (Å²) in [7, 11) is 3.40. The predicted molar refractivity (Wildman–Crippen MR) is 147 cm³/mol.